The van der Waals surface area contributed by atoms with Crippen molar-refractivity contribution < 1.29 is 17.5 Å². The van der Waals surface area contributed by atoms with E-state index in [2.05, 4.69) is 5.10 Å². The van der Waals surface area contributed by atoms with Gasteiger partial charge in [-0.1, -0.05) is 0 Å². The third kappa shape index (κ3) is 3.93. The Balaban J connectivity index is 3.06. The first-order valence-electron chi connectivity index (χ1n) is 5.03. The molecule has 0 amide bonds. The first-order valence-corrected chi connectivity index (χ1v) is 7.34. The van der Waals surface area contributed by atoms with Gasteiger partial charge in [0.05, 0.1) is 31.1 Å². The quantitative estimate of drug-likeness (QED) is 0.746. The van der Waals surface area contributed by atoms with Gasteiger partial charge in [-0.2, -0.15) is 5.10 Å². The minimum atomic E-state index is -3.89. The Morgan fingerprint density at radius 3 is 2.71 bits per heavy atom. The first kappa shape index (κ1) is 14.4. The molecule has 0 aromatic carbocycles. The van der Waals surface area contributed by atoms with E-state index in [1.165, 1.54) is 4.68 Å². The topological polar surface area (TPSA) is 61.2 Å². The van der Waals surface area contributed by atoms with Crippen LogP contribution in [0.2, 0.25) is 0 Å². The predicted octanol–water partition coefficient (Wildman–Crippen LogP) is 1.71. The summed E-state index contributed by atoms with van der Waals surface area (Å²) in [6.45, 7) is 2.98. The molecule has 98 valence electrons. The standard InChI is InChI=1S/C9H14ClFN2O3S/c1-7(2)16-6-8-9(17(10,14)15)5-12-13(8)4-3-11/h5,7H,3-4,6H2,1-2H3. The normalized spacial score (nSPS) is 12.3. The van der Waals surface area contributed by atoms with Crippen molar-refractivity contribution in [3.8, 4) is 0 Å². The Hall–Kier alpha value is -0.660. The Labute approximate surface area is 104 Å². The number of halogens is 2. The number of nitrogens with zero attached hydrogens (tertiary/aromatic N) is 2. The Morgan fingerprint density at radius 2 is 2.24 bits per heavy atom. The van der Waals surface area contributed by atoms with Crippen LogP contribution in [0.3, 0.4) is 0 Å². The summed E-state index contributed by atoms with van der Waals surface area (Å²) in [5.41, 5.74) is 0.270. The molecule has 0 aliphatic heterocycles. The molecular weight excluding hydrogens is 271 g/mol. The molecule has 0 aliphatic rings. The number of rotatable bonds is 6. The summed E-state index contributed by atoms with van der Waals surface area (Å²) in [6.07, 6.45) is 1.03. The molecule has 17 heavy (non-hydrogen) atoms. The van der Waals surface area contributed by atoms with Crippen LogP contribution in [0.15, 0.2) is 11.1 Å². The maximum atomic E-state index is 12.3. The van der Waals surface area contributed by atoms with Crippen LogP contribution in [0.5, 0.6) is 0 Å². The largest absolute Gasteiger partial charge is 0.372 e. The summed E-state index contributed by atoms with van der Waals surface area (Å²) in [7, 11) is 1.37. The molecule has 0 saturated carbocycles. The van der Waals surface area contributed by atoms with Gasteiger partial charge in [-0.25, -0.2) is 12.8 Å². The maximum Gasteiger partial charge on any atom is 0.264 e. The van der Waals surface area contributed by atoms with Gasteiger partial charge in [0, 0.05) is 10.7 Å². The van der Waals surface area contributed by atoms with Crippen LogP contribution in [-0.4, -0.2) is 31.0 Å². The number of ether oxygens (including phenoxy) is 1. The van der Waals surface area contributed by atoms with Crippen LogP contribution in [-0.2, 0) is 26.9 Å². The van der Waals surface area contributed by atoms with Crippen molar-refractivity contribution in [1.29, 1.82) is 0 Å². The fourth-order valence-corrected chi connectivity index (χ4v) is 2.27. The maximum absolute atomic E-state index is 12.3. The molecular formula is C9H14ClFN2O3S. The summed E-state index contributed by atoms with van der Waals surface area (Å²) in [5.74, 6) is 0. The van der Waals surface area contributed by atoms with Gasteiger partial charge >= 0.3 is 0 Å². The summed E-state index contributed by atoms with van der Waals surface area (Å²) in [6, 6.07) is 0. The van der Waals surface area contributed by atoms with Gasteiger partial charge in [-0.05, 0) is 13.8 Å². The zero-order valence-corrected chi connectivity index (χ0v) is 11.1. The number of aromatic nitrogens is 2. The van der Waals surface area contributed by atoms with E-state index in [0.29, 0.717) is 0 Å². The Kier molecular flexibility index (Phi) is 4.91. The van der Waals surface area contributed by atoms with Crippen molar-refractivity contribution in [2.45, 2.75) is 38.0 Å². The lowest BCUT2D eigenvalue weighted by Gasteiger charge is -2.10. The van der Waals surface area contributed by atoms with Gasteiger partial charge in [0.1, 0.15) is 11.6 Å². The summed E-state index contributed by atoms with van der Waals surface area (Å²) in [5, 5.41) is 3.78. The van der Waals surface area contributed by atoms with E-state index in [1.807, 2.05) is 13.8 Å². The van der Waals surface area contributed by atoms with E-state index in [4.69, 9.17) is 15.4 Å². The van der Waals surface area contributed by atoms with Crippen molar-refractivity contribution in [3.63, 3.8) is 0 Å². The predicted molar refractivity (Wildman–Crippen MR) is 61.2 cm³/mol. The lowest BCUT2D eigenvalue weighted by molar-refractivity contribution is 0.0595. The van der Waals surface area contributed by atoms with Crippen LogP contribution >= 0.6 is 10.7 Å². The van der Waals surface area contributed by atoms with Crippen molar-refractivity contribution in [2.75, 3.05) is 6.67 Å². The van der Waals surface area contributed by atoms with Crippen molar-refractivity contribution in [1.82, 2.24) is 9.78 Å². The minimum absolute atomic E-state index is 0.0246. The molecule has 0 spiro atoms. The van der Waals surface area contributed by atoms with Crippen LogP contribution in [0.25, 0.3) is 0 Å². The van der Waals surface area contributed by atoms with Crippen LogP contribution in [0.1, 0.15) is 19.5 Å². The van der Waals surface area contributed by atoms with E-state index in [0.717, 1.165) is 6.20 Å². The van der Waals surface area contributed by atoms with Gasteiger partial charge in [-0.15, -0.1) is 0 Å². The van der Waals surface area contributed by atoms with Gasteiger partial charge in [0.2, 0.25) is 0 Å². The second kappa shape index (κ2) is 5.79. The van der Waals surface area contributed by atoms with Gasteiger partial charge in [-0.3, -0.25) is 4.68 Å². The smallest absolute Gasteiger partial charge is 0.264 e. The second-order valence-corrected chi connectivity index (χ2v) is 6.20. The highest BCUT2D eigenvalue weighted by Crippen LogP contribution is 2.21. The zero-order valence-electron chi connectivity index (χ0n) is 9.56. The SMILES string of the molecule is CC(C)OCc1c(S(=O)(=O)Cl)cnn1CCF. The summed E-state index contributed by atoms with van der Waals surface area (Å²) >= 11 is 0. The van der Waals surface area contributed by atoms with E-state index in [1.54, 1.807) is 0 Å². The number of aryl methyl sites for hydroxylation is 1. The first-order chi connectivity index (χ1) is 7.86. The lowest BCUT2D eigenvalue weighted by Crippen LogP contribution is -2.12. The summed E-state index contributed by atoms with van der Waals surface area (Å²) < 4.78 is 41.4. The van der Waals surface area contributed by atoms with Crippen molar-refractivity contribution in [3.05, 3.63) is 11.9 Å². The average Bonchev–Trinajstić information content (AvgIpc) is 2.58. The molecule has 0 N–H and O–H groups in total. The molecule has 8 heteroatoms. The van der Waals surface area contributed by atoms with E-state index >= 15 is 0 Å². The monoisotopic (exact) mass is 284 g/mol. The molecule has 1 rings (SSSR count). The molecule has 0 atom stereocenters. The number of hydrogen-bond donors (Lipinski definition) is 0. The molecule has 0 saturated heterocycles. The molecule has 0 bridgehead atoms. The highest BCUT2D eigenvalue weighted by molar-refractivity contribution is 8.13. The fourth-order valence-electron chi connectivity index (χ4n) is 1.26. The van der Waals surface area contributed by atoms with Crippen LogP contribution < -0.4 is 0 Å². The van der Waals surface area contributed by atoms with Gasteiger partial charge in [0.25, 0.3) is 9.05 Å². The molecule has 1 heterocycles. The summed E-state index contributed by atoms with van der Waals surface area (Å²) in [4.78, 5) is -0.131. The molecule has 5 nitrogen and oxygen atoms in total. The second-order valence-electron chi connectivity index (χ2n) is 3.67. The van der Waals surface area contributed by atoms with Crippen LogP contribution in [0, 0.1) is 0 Å². The number of hydrogen-bond acceptors (Lipinski definition) is 4. The number of alkyl halides is 1. The molecule has 1 aromatic heterocycles. The third-order valence-corrected chi connectivity index (χ3v) is 3.39. The van der Waals surface area contributed by atoms with E-state index in [9.17, 15) is 12.8 Å². The van der Waals surface area contributed by atoms with Gasteiger partial charge < -0.3 is 4.74 Å². The van der Waals surface area contributed by atoms with E-state index < -0.39 is 15.7 Å². The molecule has 0 radical (unpaired) electrons. The highest BCUT2D eigenvalue weighted by Gasteiger charge is 2.21. The van der Waals surface area contributed by atoms with Crippen molar-refractivity contribution >= 4 is 19.7 Å². The Bertz CT molecular complexity index is 473. The molecule has 0 aliphatic carbocycles. The van der Waals surface area contributed by atoms with E-state index in [-0.39, 0.29) is 29.8 Å². The minimum Gasteiger partial charge on any atom is -0.372 e. The third-order valence-electron chi connectivity index (χ3n) is 2.02. The van der Waals surface area contributed by atoms with Crippen molar-refractivity contribution in [2.24, 2.45) is 0 Å². The molecule has 0 fully saturated rings. The lowest BCUT2D eigenvalue weighted by atomic mass is 10.4. The average molecular weight is 285 g/mol. The highest BCUT2D eigenvalue weighted by atomic mass is 35.7. The zero-order chi connectivity index (χ0) is 13.1. The van der Waals surface area contributed by atoms with Crippen LogP contribution in [0.4, 0.5) is 4.39 Å². The Morgan fingerprint density at radius 1 is 1.59 bits per heavy atom. The van der Waals surface area contributed by atoms with Gasteiger partial charge in [0.15, 0.2) is 0 Å². The molecule has 1 aromatic rings. The molecule has 0 unspecified atom stereocenters. The fraction of sp³-hybridized carbons (Fsp3) is 0.667.